The van der Waals surface area contributed by atoms with Gasteiger partial charge in [-0.25, -0.2) is 4.98 Å². The predicted molar refractivity (Wildman–Crippen MR) is 38.9 cm³/mol. The fourth-order valence-electron chi connectivity index (χ4n) is 0.622. The molecule has 0 aromatic carbocycles. The summed E-state index contributed by atoms with van der Waals surface area (Å²) in [6.45, 7) is 1.62. The number of aliphatic hydroxyl groups excluding tert-OH is 2. The fraction of sp³-hybridized carbons (Fsp3) is 0.500. The molecule has 1 rings (SSSR count). The summed E-state index contributed by atoms with van der Waals surface area (Å²) in [7, 11) is 0. The van der Waals surface area contributed by atoms with Crippen molar-refractivity contribution in [1.82, 2.24) is 4.98 Å². The first-order chi connectivity index (χ1) is 4.74. The Bertz CT molecular complexity index is 211. The zero-order valence-electron chi connectivity index (χ0n) is 5.61. The number of aryl methyl sites for hydroxylation is 1. The normalized spacial score (nSPS) is 13.5. The van der Waals surface area contributed by atoms with Gasteiger partial charge in [0.25, 0.3) is 0 Å². The van der Waals surface area contributed by atoms with Gasteiger partial charge in [-0.3, -0.25) is 0 Å². The van der Waals surface area contributed by atoms with Crippen LogP contribution in [0.15, 0.2) is 6.20 Å². The zero-order chi connectivity index (χ0) is 7.56. The summed E-state index contributed by atoms with van der Waals surface area (Å²) in [6.07, 6.45) is 0.826. The molecule has 56 valence electrons. The molecule has 1 atom stereocenters. The van der Waals surface area contributed by atoms with Crippen LogP contribution in [0.2, 0.25) is 0 Å². The molecular formula is C6H9NO2S. The summed E-state index contributed by atoms with van der Waals surface area (Å²) in [5.41, 5.74) is 0. The maximum absolute atomic E-state index is 9.06. The highest BCUT2D eigenvalue weighted by Gasteiger charge is 2.07. The van der Waals surface area contributed by atoms with Gasteiger partial charge in [0.1, 0.15) is 6.10 Å². The van der Waals surface area contributed by atoms with E-state index < -0.39 is 6.10 Å². The molecule has 0 saturated heterocycles. The highest BCUT2D eigenvalue weighted by atomic mass is 32.1. The molecule has 1 unspecified atom stereocenters. The number of thiazole rings is 1. The summed E-state index contributed by atoms with van der Waals surface area (Å²) in [4.78, 5) is 4.66. The van der Waals surface area contributed by atoms with Gasteiger partial charge < -0.3 is 10.2 Å². The quantitative estimate of drug-likeness (QED) is 0.659. The van der Waals surface area contributed by atoms with Crippen LogP contribution >= 0.6 is 11.3 Å². The van der Waals surface area contributed by atoms with Crippen molar-refractivity contribution in [2.75, 3.05) is 6.61 Å². The first-order valence-corrected chi connectivity index (χ1v) is 3.77. The molecule has 10 heavy (non-hydrogen) atoms. The van der Waals surface area contributed by atoms with E-state index >= 15 is 0 Å². The van der Waals surface area contributed by atoms with E-state index in [0.717, 1.165) is 9.88 Å². The van der Waals surface area contributed by atoms with E-state index in [1.165, 1.54) is 11.3 Å². The van der Waals surface area contributed by atoms with Crippen molar-refractivity contribution < 1.29 is 10.2 Å². The molecule has 0 saturated carbocycles. The average molecular weight is 159 g/mol. The third kappa shape index (κ3) is 1.53. The number of aliphatic hydroxyl groups is 2. The van der Waals surface area contributed by atoms with Crippen LogP contribution in [0.25, 0.3) is 0 Å². The van der Waals surface area contributed by atoms with Crippen LogP contribution in [-0.2, 0) is 0 Å². The van der Waals surface area contributed by atoms with Crippen molar-refractivity contribution in [3.63, 3.8) is 0 Å². The van der Waals surface area contributed by atoms with Gasteiger partial charge in [-0.1, -0.05) is 0 Å². The van der Waals surface area contributed by atoms with Gasteiger partial charge in [0.2, 0.25) is 0 Å². The lowest BCUT2D eigenvalue weighted by Crippen LogP contribution is -1.98. The second kappa shape index (κ2) is 3.09. The summed E-state index contributed by atoms with van der Waals surface area (Å²) in [5.74, 6) is 0. The number of aromatic nitrogens is 1. The minimum Gasteiger partial charge on any atom is -0.393 e. The van der Waals surface area contributed by atoms with Crippen molar-refractivity contribution in [2.24, 2.45) is 0 Å². The van der Waals surface area contributed by atoms with Crippen LogP contribution in [0, 0.1) is 6.92 Å². The van der Waals surface area contributed by atoms with E-state index in [-0.39, 0.29) is 6.61 Å². The molecule has 1 heterocycles. The Morgan fingerprint density at radius 2 is 2.50 bits per heavy atom. The van der Waals surface area contributed by atoms with Gasteiger partial charge in [-0.05, 0) is 6.92 Å². The standard InChI is InChI=1S/C6H9NO2S/c1-4-7-2-6(10-4)5(9)3-8/h2,5,8-9H,3H2,1H3. The first kappa shape index (κ1) is 7.65. The number of hydrogen-bond acceptors (Lipinski definition) is 4. The molecule has 1 aromatic heterocycles. The molecular weight excluding hydrogens is 150 g/mol. The molecule has 0 spiro atoms. The van der Waals surface area contributed by atoms with E-state index in [1.807, 2.05) is 6.92 Å². The summed E-state index contributed by atoms with van der Waals surface area (Å²) < 4.78 is 0. The van der Waals surface area contributed by atoms with Crippen molar-refractivity contribution >= 4 is 11.3 Å². The second-order valence-electron chi connectivity index (χ2n) is 1.98. The number of nitrogens with zero attached hydrogens (tertiary/aromatic N) is 1. The maximum Gasteiger partial charge on any atom is 0.113 e. The Labute approximate surface area is 63.0 Å². The Kier molecular flexibility index (Phi) is 2.37. The van der Waals surface area contributed by atoms with Crippen molar-refractivity contribution in [3.8, 4) is 0 Å². The molecule has 2 N–H and O–H groups in total. The van der Waals surface area contributed by atoms with E-state index in [9.17, 15) is 0 Å². The molecule has 0 amide bonds. The molecule has 0 aliphatic rings. The first-order valence-electron chi connectivity index (χ1n) is 2.95. The lowest BCUT2D eigenvalue weighted by Gasteiger charge is -1.99. The maximum atomic E-state index is 9.06. The van der Waals surface area contributed by atoms with E-state index in [1.54, 1.807) is 6.20 Å². The van der Waals surface area contributed by atoms with Crippen LogP contribution in [0.3, 0.4) is 0 Å². The third-order valence-corrected chi connectivity index (χ3v) is 2.15. The van der Waals surface area contributed by atoms with E-state index in [0.29, 0.717) is 0 Å². The summed E-state index contributed by atoms with van der Waals surface area (Å²) in [6, 6.07) is 0. The molecule has 0 aliphatic heterocycles. The van der Waals surface area contributed by atoms with E-state index in [2.05, 4.69) is 4.98 Å². The molecule has 0 bridgehead atoms. The highest BCUT2D eigenvalue weighted by Crippen LogP contribution is 2.19. The van der Waals surface area contributed by atoms with Crippen molar-refractivity contribution in [1.29, 1.82) is 0 Å². The molecule has 4 heteroatoms. The molecule has 3 nitrogen and oxygen atoms in total. The largest absolute Gasteiger partial charge is 0.393 e. The topological polar surface area (TPSA) is 53.4 Å². The van der Waals surface area contributed by atoms with Gasteiger partial charge in [0.05, 0.1) is 16.5 Å². The summed E-state index contributed by atoms with van der Waals surface area (Å²) >= 11 is 1.40. The molecule has 0 fully saturated rings. The molecule has 1 aromatic rings. The second-order valence-corrected chi connectivity index (χ2v) is 3.25. The Morgan fingerprint density at radius 3 is 2.90 bits per heavy atom. The van der Waals surface area contributed by atoms with Crippen LogP contribution in [0.5, 0.6) is 0 Å². The third-order valence-electron chi connectivity index (χ3n) is 1.14. The van der Waals surface area contributed by atoms with Crippen LogP contribution in [-0.4, -0.2) is 21.8 Å². The fourth-order valence-corrected chi connectivity index (χ4v) is 1.38. The SMILES string of the molecule is Cc1ncc(C(O)CO)s1. The van der Waals surface area contributed by atoms with Gasteiger partial charge in [0, 0.05) is 6.20 Å². The zero-order valence-corrected chi connectivity index (χ0v) is 6.43. The van der Waals surface area contributed by atoms with Gasteiger partial charge in [0.15, 0.2) is 0 Å². The lowest BCUT2D eigenvalue weighted by atomic mass is 10.3. The number of rotatable bonds is 2. The Hall–Kier alpha value is -0.450. The predicted octanol–water partition coefficient (Wildman–Crippen LogP) is 0.477. The van der Waals surface area contributed by atoms with Gasteiger partial charge in [-0.2, -0.15) is 0 Å². The monoisotopic (exact) mass is 159 g/mol. The lowest BCUT2D eigenvalue weighted by molar-refractivity contribution is 0.0982. The minimum absolute atomic E-state index is 0.234. The molecule has 0 radical (unpaired) electrons. The smallest absolute Gasteiger partial charge is 0.113 e. The van der Waals surface area contributed by atoms with Gasteiger partial charge >= 0.3 is 0 Å². The van der Waals surface area contributed by atoms with Crippen LogP contribution in [0.1, 0.15) is 16.0 Å². The highest BCUT2D eigenvalue weighted by molar-refractivity contribution is 7.11. The van der Waals surface area contributed by atoms with Crippen molar-refractivity contribution in [2.45, 2.75) is 13.0 Å². The average Bonchev–Trinajstić information content (AvgIpc) is 2.34. The Morgan fingerprint density at radius 1 is 1.80 bits per heavy atom. The number of hydrogen-bond donors (Lipinski definition) is 2. The van der Waals surface area contributed by atoms with Crippen molar-refractivity contribution in [3.05, 3.63) is 16.1 Å². The summed E-state index contributed by atoms with van der Waals surface area (Å²) in [5, 5.41) is 18.5. The van der Waals surface area contributed by atoms with Gasteiger partial charge in [-0.15, -0.1) is 11.3 Å². The van der Waals surface area contributed by atoms with Crippen LogP contribution in [0.4, 0.5) is 0 Å². The van der Waals surface area contributed by atoms with E-state index in [4.69, 9.17) is 10.2 Å². The minimum atomic E-state index is -0.758. The Balaban J connectivity index is 2.74. The van der Waals surface area contributed by atoms with Crippen LogP contribution < -0.4 is 0 Å². The molecule has 0 aliphatic carbocycles.